The highest BCUT2D eigenvalue weighted by Gasteiger charge is 2.02. The molecule has 16 heavy (non-hydrogen) atoms. The summed E-state index contributed by atoms with van der Waals surface area (Å²) in [6, 6.07) is 9.24. The minimum absolute atomic E-state index is 0.725. The molecular formula is C12H10BrNO2. The summed E-state index contributed by atoms with van der Waals surface area (Å²) in [5, 5.41) is 0. The molecule has 0 aliphatic rings. The predicted octanol–water partition coefficient (Wildman–Crippen LogP) is 3.65. The largest absolute Gasteiger partial charge is 0.497 e. The van der Waals surface area contributed by atoms with Crippen molar-refractivity contribution in [2.45, 2.75) is 0 Å². The van der Waals surface area contributed by atoms with Gasteiger partial charge in [0, 0.05) is 24.5 Å². The molecule has 0 saturated heterocycles. The average molecular weight is 280 g/mol. The molecule has 0 amide bonds. The minimum Gasteiger partial charge on any atom is -0.497 e. The van der Waals surface area contributed by atoms with Crippen LogP contribution >= 0.6 is 15.9 Å². The molecule has 0 aliphatic heterocycles. The fourth-order valence-electron chi connectivity index (χ4n) is 1.24. The maximum Gasteiger partial charge on any atom is 0.144 e. The molecule has 0 spiro atoms. The molecule has 0 N–H and O–H groups in total. The lowest BCUT2D eigenvalue weighted by Crippen LogP contribution is -1.87. The van der Waals surface area contributed by atoms with Gasteiger partial charge in [-0.3, -0.25) is 4.98 Å². The minimum atomic E-state index is 0.725. The Hall–Kier alpha value is -1.55. The molecule has 0 saturated carbocycles. The Morgan fingerprint density at radius 2 is 2.00 bits per heavy atom. The van der Waals surface area contributed by atoms with Gasteiger partial charge in [-0.1, -0.05) is 6.07 Å². The zero-order chi connectivity index (χ0) is 11.4. The van der Waals surface area contributed by atoms with E-state index in [0.29, 0.717) is 0 Å². The van der Waals surface area contributed by atoms with Crippen LogP contribution in [0.1, 0.15) is 0 Å². The molecule has 0 radical (unpaired) electrons. The van der Waals surface area contributed by atoms with Gasteiger partial charge in [0.25, 0.3) is 0 Å². The highest BCUT2D eigenvalue weighted by molar-refractivity contribution is 9.10. The van der Waals surface area contributed by atoms with Crippen LogP contribution in [0.3, 0.4) is 0 Å². The lowest BCUT2D eigenvalue weighted by Gasteiger charge is -2.08. The van der Waals surface area contributed by atoms with Gasteiger partial charge in [-0.2, -0.15) is 0 Å². The van der Waals surface area contributed by atoms with Gasteiger partial charge in [-0.15, -0.1) is 0 Å². The van der Waals surface area contributed by atoms with E-state index in [9.17, 15) is 0 Å². The van der Waals surface area contributed by atoms with Gasteiger partial charge in [0.05, 0.1) is 11.6 Å². The smallest absolute Gasteiger partial charge is 0.144 e. The van der Waals surface area contributed by atoms with Crippen molar-refractivity contribution in [2.24, 2.45) is 0 Å². The van der Waals surface area contributed by atoms with Crippen LogP contribution in [0, 0.1) is 0 Å². The SMILES string of the molecule is COc1cccc(Oc2ccncc2Br)c1. The van der Waals surface area contributed by atoms with Crippen molar-refractivity contribution in [3.05, 3.63) is 47.2 Å². The molecule has 2 aromatic rings. The monoisotopic (exact) mass is 279 g/mol. The average Bonchev–Trinajstić information content (AvgIpc) is 2.32. The van der Waals surface area contributed by atoms with E-state index < -0.39 is 0 Å². The third kappa shape index (κ3) is 2.52. The first kappa shape index (κ1) is 11.0. The summed E-state index contributed by atoms with van der Waals surface area (Å²) < 4.78 is 11.6. The summed E-state index contributed by atoms with van der Waals surface area (Å²) in [4.78, 5) is 3.97. The number of pyridine rings is 1. The van der Waals surface area contributed by atoms with E-state index in [0.717, 1.165) is 21.7 Å². The van der Waals surface area contributed by atoms with E-state index in [2.05, 4.69) is 20.9 Å². The number of ether oxygens (including phenoxy) is 2. The topological polar surface area (TPSA) is 31.4 Å². The summed E-state index contributed by atoms with van der Waals surface area (Å²) >= 11 is 3.37. The molecule has 2 rings (SSSR count). The molecule has 1 aromatic carbocycles. The van der Waals surface area contributed by atoms with Crippen molar-refractivity contribution in [1.82, 2.24) is 4.98 Å². The number of aromatic nitrogens is 1. The Morgan fingerprint density at radius 1 is 1.19 bits per heavy atom. The number of halogens is 1. The molecular weight excluding hydrogens is 270 g/mol. The van der Waals surface area contributed by atoms with Gasteiger partial charge < -0.3 is 9.47 Å². The number of nitrogens with zero attached hydrogens (tertiary/aromatic N) is 1. The number of hydrogen-bond donors (Lipinski definition) is 0. The van der Waals surface area contributed by atoms with E-state index in [4.69, 9.17) is 9.47 Å². The second-order valence-corrected chi connectivity index (χ2v) is 3.94. The van der Waals surface area contributed by atoms with Gasteiger partial charge in [-0.25, -0.2) is 0 Å². The number of rotatable bonds is 3. The molecule has 82 valence electrons. The van der Waals surface area contributed by atoms with E-state index in [1.165, 1.54) is 0 Å². The van der Waals surface area contributed by atoms with Gasteiger partial charge in [0.15, 0.2) is 0 Å². The van der Waals surface area contributed by atoms with Crippen molar-refractivity contribution < 1.29 is 9.47 Å². The first-order valence-electron chi connectivity index (χ1n) is 4.71. The highest BCUT2D eigenvalue weighted by Crippen LogP contribution is 2.29. The van der Waals surface area contributed by atoms with Crippen LogP contribution in [0.5, 0.6) is 17.2 Å². The Morgan fingerprint density at radius 3 is 2.75 bits per heavy atom. The lowest BCUT2D eigenvalue weighted by atomic mass is 10.3. The quantitative estimate of drug-likeness (QED) is 0.860. The highest BCUT2D eigenvalue weighted by atomic mass is 79.9. The normalized spacial score (nSPS) is 9.88. The van der Waals surface area contributed by atoms with Crippen LogP contribution in [-0.4, -0.2) is 12.1 Å². The van der Waals surface area contributed by atoms with Gasteiger partial charge in [-0.05, 0) is 28.1 Å². The Labute approximate surface area is 102 Å². The summed E-state index contributed by atoms with van der Waals surface area (Å²) in [7, 11) is 1.63. The maximum absolute atomic E-state index is 5.68. The van der Waals surface area contributed by atoms with Gasteiger partial charge in [0.1, 0.15) is 17.2 Å². The molecule has 3 nitrogen and oxygen atoms in total. The van der Waals surface area contributed by atoms with Crippen molar-refractivity contribution in [2.75, 3.05) is 7.11 Å². The Bertz CT molecular complexity index is 488. The molecule has 1 aromatic heterocycles. The molecule has 0 unspecified atom stereocenters. The van der Waals surface area contributed by atoms with Crippen molar-refractivity contribution in [1.29, 1.82) is 0 Å². The van der Waals surface area contributed by atoms with Crippen LogP contribution < -0.4 is 9.47 Å². The Kier molecular flexibility index (Phi) is 3.41. The number of benzene rings is 1. The Balaban J connectivity index is 2.24. The molecule has 0 atom stereocenters. The van der Waals surface area contributed by atoms with Crippen LogP contribution in [-0.2, 0) is 0 Å². The van der Waals surface area contributed by atoms with Crippen molar-refractivity contribution in [3.8, 4) is 17.2 Å². The van der Waals surface area contributed by atoms with E-state index in [1.54, 1.807) is 25.6 Å². The fraction of sp³-hybridized carbons (Fsp3) is 0.0833. The van der Waals surface area contributed by atoms with E-state index in [1.807, 2.05) is 24.3 Å². The maximum atomic E-state index is 5.68. The first-order valence-corrected chi connectivity index (χ1v) is 5.50. The zero-order valence-corrected chi connectivity index (χ0v) is 10.3. The van der Waals surface area contributed by atoms with E-state index in [-0.39, 0.29) is 0 Å². The number of hydrogen-bond acceptors (Lipinski definition) is 3. The van der Waals surface area contributed by atoms with E-state index >= 15 is 0 Å². The molecule has 4 heteroatoms. The molecule has 0 aliphatic carbocycles. The second-order valence-electron chi connectivity index (χ2n) is 3.09. The summed E-state index contributed by atoms with van der Waals surface area (Å²) in [5.41, 5.74) is 0. The summed E-state index contributed by atoms with van der Waals surface area (Å²) in [6.07, 6.45) is 3.37. The third-order valence-corrected chi connectivity index (χ3v) is 2.60. The van der Waals surface area contributed by atoms with Crippen LogP contribution in [0.2, 0.25) is 0 Å². The summed E-state index contributed by atoms with van der Waals surface area (Å²) in [5.74, 6) is 2.22. The third-order valence-electron chi connectivity index (χ3n) is 2.00. The predicted molar refractivity (Wildman–Crippen MR) is 65.0 cm³/mol. The fourth-order valence-corrected chi connectivity index (χ4v) is 1.57. The van der Waals surface area contributed by atoms with Crippen LogP contribution in [0.15, 0.2) is 47.2 Å². The van der Waals surface area contributed by atoms with Gasteiger partial charge in [0.2, 0.25) is 0 Å². The molecule has 0 fully saturated rings. The molecule has 0 bridgehead atoms. The summed E-state index contributed by atoms with van der Waals surface area (Å²) in [6.45, 7) is 0. The first-order chi connectivity index (χ1) is 7.79. The second kappa shape index (κ2) is 4.99. The molecule has 1 heterocycles. The zero-order valence-electron chi connectivity index (χ0n) is 8.68. The van der Waals surface area contributed by atoms with Crippen LogP contribution in [0.25, 0.3) is 0 Å². The standard InChI is InChI=1S/C12H10BrNO2/c1-15-9-3-2-4-10(7-9)16-12-5-6-14-8-11(12)13/h2-8H,1H3. The van der Waals surface area contributed by atoms with Crippen molar-refractivity contribution >= 4 is 15.9 Å². The number of methoxy groups -OCH3 is 1. The van der Waals surface area contributed by atoms with Crippen molar-refractivity contribution in [3.63, 3.8) is 0 Å². The lowest BCUT2D eigenvalue weighted by molar-refractivity contribution is 0.409. The van der Waals surface area contributed by atoms with Crippen LogP contribution in [0.4, 0.5) is 0 Å². The van der Waals surface area contributed by atoms with Gasteiger partial charge >= 0.3 is 0 Å².